The van der Waals surface area contributed by atoms with Crippen LogP contribution in [0.2, 0.25) is 13.1 Å². The first-order valence-electron chi connectivity index (χ1n) is 11.7. The molecule has 1 heterocycles. The molecule has 0 bridgehead atoms. The van der Waals surface area contributed by atoms with E-state index in [2.05, 4.69) is 136 Å². The number of benzene rings is 4. The predicted octanol–water partition coefficient (Wildman–Crippen LogP) is 8.63. The van der Waals surface area contributed by atoms with E-state index < -0.39 is 8.07 Å². The molecule has 0 aromatic heterocycles. The van der Waals surface area contributed by atoms with Crippen LogP contribution >= 0.6 is 0 Å². The minimum atomic E-state index is -2.05. The van der Waals surface area contributed by atoms with E-state index in [-0.39, 0.29) is 0 Å². The summed E-state index contributed by atoms with van der Waals surface area (Å²) in [5.41, 5.74) is 10.7. The maximum absolute atomic E-state index is 2.52. The lowest BCUT2D eigenvalue weighted by Gasteiger charge is -2.26. The standard InChI is InChI=1S/C32H30Si/c1-23-15-19-27(20-16-23)31-29(25-11-7-5-8-12-25)30(26-13-9-6-10-14-26)32(33(31,3)4)28-21-17-24(2)18-22-28/h5-22H,1-4H3. The molecule has 0 spiro atoms. The summed E-state index contributed by atoms with van der Waals surface area (Å²) in [6.07, 6.45) is 0. The summed E-state index contributed by atoms with van der Waals surface area (Å²) in [5.74, 6) is 0. The molecule has 1 aliphatic rings. The molecule has 33 heavy (non-hydrogen) atoms. The first-order chi connectivity index (χ1) is 16.0. The second-order valence-electron chi connectivity index (χ2n) is 9.59. The summed E-state index contributed by atoms with van der Waals surface area (Å²) in [4.78, 5) is 0. The maximum atomic E-state index is 2.52. The van der Waals surface area contributed by atoms with E-state index in [1.54, 1.807) is 0 Å². The summed E-state index contributed by atoms with van der Waals surface area (Å²) in [5, 5.41) is 3.06. The summed E-state index contributed by atoms with van der Waals surface area (Å²) >= 11 is 0. The number of hydrogen-bond acceptors (Lipinski definition) is 0. The lowest BCUT2D eigenvalue weighted by Crippen LogP contribution is -2.28. The minimum Gasteiger partial charge on any atom is -0.0622 e. The lowest BCUT2D eigenvalue weighted by molar-refractivity contribution is 1.45. The van der Waals surface area contributed by atoms with E-state index >= 15 is 0 Å². The van der Waals surface area contributed by atoms with Gasteiger partial charge in [-0.05, 0) is 57.6 Å². The average Bonchev–Trinajstić information content (AvgIpc) is 3.08. The molecule has 0 N–H and O–H groups in total. The normalized spacial score (nSPS) is 15.3. The molecule has 4 aromatic carbocycles. The molecule has 0 saturated heterocycles. The Balaban J connectivity index is 1.90. The molecule has 4 aromatic rings. The summed E-state index contributed by atoms with van der Waals surface area (Å²) in [6, 6.07) is 40.3. The molecule has 0 saturated carbocycles. The van der Waals surface area contributed by atoms with Crippen molar-refractivity contribution in [3.05, 3.63) is 143 Å². The smallest absolute Gasteiger partial charge is 0.0622 e. The molecule has 5 rings (SSSR count). The van der Waals surface area contributed by atoms with Crippen molar-refractivity contribution < 1.29 is 0 Å². The molecule has 0 fully saturated rings. The third-order valence-electron chi connectivity index (χ3n) is 6.81. The van der Waals surface area contributed by atoms with Crippen LogP contribution in [0.25, 0.3) is 21.5 Å². The molecule has 0 unspecified atom stereocenters. The van der Waals surface area contributed by atoms with Gasteiger partial charge in [-0.2, -0.15) is 0 Å². The highest BCUT2D eigenvalue weighted by Gasteiger charge is 2.43. The SMILES string of the molecule is Cc1ccc(C2=C(c3ccccc3)C(c3ccccc3)=C(c3ccc(C)cc3)[Si]2(C)C)cc1. The van der Waals surface area contributed by atoms with E-state index in [1.807, 2.05) is 0 Å². The number of aryl methyl sites for hydroxylation is 2. The van der Waals surface area contributed by atoms with Crippen LogP contribution in [0.15, 0.2) is 109 Å². The van der Waals surface area contributed by atoms with Gasteiger partial charge in [0.2, 0.25) is 0 Å². The van der Waals surface area contributed by atoms with Gasteiger partial charge in [-0.25, -0.2) is 0 Å². The van der Waals surface area contributed by atoms with Gasteiger partial charge in [-0.15, -0.1) is 0 Å². The molecule has 1 heteroatoms. The molecular weight excluding hydrogens is 412 g/mol. The van der Waals surface area contributed by atoms with Crippen molar-refractivity contribution in [2.45, 2.75) is 26.9 Å². The first kappa shape index (κ1) is 21.4. The highest BCUT2D eigenvalue weighted by molar-refractivity contribution is 7.13. The van der Waals surface area contributed by atoms with Crippen molar-refractivity contribution >= 4 is 29.6 Å². The van der Waals surface area contributed by atoms with Crippen LogP contribution in [0.1, 0.15) is 33.4 Å². The average molecular weight is 443 g/mol. The Labute approximate surface area is 199 Å². The Bertz CT molecular complexity index is 1230. The largest absolute Gasteiger partial charge is 0.115 e. The van der Waals surface area contributed by atoms with Crippen molar-refractivity contribution in [2.24, 2.45) is 0 Å². The van der Waals surface area contributed by atoms with E-state index in [9.17, 15) is 0 Å². The van der Waals surface area contributed by atoms with Gasteiger partial charge >= 0.3 is 0 Å². The molecule has 0 atom stereocenters. The lowest BCUT2D eigenvalue weighted by atomic mass is 9.89. The van der Waals surface area contributed by atoms with Gasteiger partial charge in [0.25, 0.3) is 0 Å². The quantitative estimate of drug-likeness (QED) is 0.277. The Morgan fingerprint density at radius 1 is 0.394 bits per heavy atom. The molecule has 1 aliphatic heterocycles. The van der Waals surface area contributed by atoms with E-state index in [0.717, 1.165) is 0 Å². The fraction of sp³-hybridized carbons (Fsp3) is 0.125. The van der Waals surface area contributed by atoms with E-state index in [4.69, 9.17) is 0 Å². The number of rotatable bonds is 4. The van der Waals surface area contributed by atoms with Crippen LogP contribution in [0, 0.1) is 13.8 Å². The van der Waals surface area contributed by atoms with E-state index in [0.29, 0.717) is 0 Å². The van der Waals surface area contributed by atoms with Crippen LogP contribution in [-0.4, -0.2) is 8.07 Å². The first-order valence-corrected chi connectivity index (χ1v) is 14.7. The molecule has 0 amide bonds. The van der Waals surface area contributed by atoms with Crippen molar-refractivity contribution in [1.29, 1.82) is 0 Å². The Morgan fingerprint density at radius 2 is 0.727 bits per heavy atom. The maximum Gasteiger partial charge on any atom is 0.115 e. The third-order valence-corrected chi connectivity index (χ3v) is 10.4. The summed E-state index contributed by atoms with van der Waals surface area (Å²) in [6.45, 7) is 9.38. The van der Waals surface area contributed by atoms with Crippen LogP contribution < -0.4 is 0 Å². The Kier molecular flexibility index (Phi) is 5.52. The molecular formula is C32H30Si. The van der Waals surface area contributed by atoms with Crippen molar-refractivity contribution in [3.8, 4) is 0 Å². The van der Waals surface area contributed by atoms with Gasteiger partial charge in [0, 0.05) is 0 Å². The highest BCUT2D eigenvalue weighted by Crippen LogP contribution is 2.55. The summed E-state index contributed by atoms with van der Waals surface area (Å²) in [7, 11) is -2.05. The van der Waals surface area contributed by atoms with Crippen molar-refractivity contribution in [3.63, 3.8) is 0 Å². The predicted molar refractivity (Wildman–Crippen MR) is 146 cm³/mol. The molecule has 0 aliphatic carbocycles. The van der Waals surface area contributed by atoms with E-state index in [1.165, 1.54) is 54.9 Å². The van der Waals surface area contributed by atoms with Gasteiger partial charge < -0.3 is 0 Å². The van der Waals surface area contributed by atoms with Crippen molar-refractivity contribution in [1.82, 2.24) is 0 Å². The number of hydrogen-bond donors (Lipinski definition) is 0. The Morgan fingerprint density at radius 3 is 1.06 bits per heavy atom. The molecule has 0 radical (unpaired) electrons. The monoisotopic (exact) mass is 442 g/mol. The second kappa shape index (κ2) is 8.50. The zero-order chi connectivity index (χ0) is 23.0. The van der Waals surface area contributed by atoms with Crippen LogP contribution in [-0.2, 0) is 0 Å². The fourth-order valence-corrected chi connectivity index (χ4v) is 9.05. The van der Waals surface area contributed by atoms with Gasteiger partial charge in [0.05, 0.1) is 0 Å². The fourth-order valence-electron chi connectivity index (χ4n) is 5.24. The van der Waals surface area contributed by atoms with Crippen LogP contribution in [0.4, 0.5) is 0 Å². The van der Waals surface area contributed by atoms with Crippen LogP contribution in [0.3, 0.4) is 0 Å². The van der Waals surface area contributed by atoms with Gasteiger partial charge in [-0.1, -0.05) is 133 Å². The van der Waals surface area contributed by atoms with Crippen molar-refractivity contribution in [2.75, 3.05) is 0 Å². The zero-order valence-corrected chi connectivity index (χ0v) is 20.9. The minimum absolute atomic E-state index is 1.30. The summed E-state index contributed by atoms with van der Waals surface area (Å²) < 4.78 is 0. The highest BCUT2D eigenvalue weighted by atomic mass is 28.3. The third kappa shape index (κ3) is 3.83. The Hall–Kier alpha value is -3.42. The molecule has 162 valence electrons. The second-order valence-corrected chi connectivity index (χ2v) is 13.8. The van der Waals surface area contributed by atoms with Gasteiger partial charge in [0.1, 0.15) is 8.07 Å². The topological polar surface area (TPSA) is 0 Å². The van der Waals surface area contributed by atoms with Gasteiger partial charge in [0.15, 0.2) is 0 Å². The molecule has 0 nitrogen and oxygen atoms in total. The van der Waals surface area contributed by atoms with Gasteiger partial charge in [-0.3, -0.25) is 0 Å². The number of allylic oxidation sites excluding steroid dienone is 2. The van der Waals surface area contributed by atoms with Crippen LogP contribution in [0.5, 0.6) is 0 Å². The zero-order valence-electron chi connectivity index (χ0n) is 19.9.